The molecule has 0 amide bonds. The van der Waals surface area contributed by atoms with Crippen LogP contribution in [0.25, 0.3) is 0 Å². The highest BCUT2D eigenvalue weighted by Crippen LogP contribution is 2.36. The number of rotatable bonds is 4. The maximum atomic E-state index is 13.1. The van der Waals surface area contributed by atoms with Crippen LogP contribution < -0.4 is 11.1 Å². The molecule has 0 aliphatic heterocycles. The summed E-state index contributed by atoms with van der Waals surface area (Å²) in [5, 5.41) is 1.68. The van der Waals surface area contributed by atoms with Gasteiger partial charge in [-0.2, -0.15) is 18.2 Å². The Labute approximate surface area is 136 Å². The van der Waals surface area contributed by atoms with Crippen molar-refractivity contribution in [2.24, 2.45) is 0 Å². The number of benzene rings is 1. The van der Waals surface area contributed by atoms with Crippen LogP contribution in [0.5, 0.6) is 0 Å². The smallest absolute Gasteiger partial charge is 0.368 e. The summed E-state index contributed by atoms with van der Waals surface area (Å²) in [5.74, 6) is -0.976. The Morgan fingerprint density at radius 1 is 1.21 bits per heavy atom. The van der Waals surface area contributed by atoms with Crippen LogP contribution in [0.2, 0.25) is 0 Å². The predicted octanol–water partition coefficient (Wildman–Crippen LogP) is 3.00. The van der Waals surface area contributed by atoms with E-state index in [0.29, 0.717) is 6.20 Å². The first-order valence-electron chi connectivity index (χ1n) is 6.83. The summed E-state index contributed by atoms with van der Waals surface area (Å²) in [6, 6.07) is 5.65. The van der Waals surface area contributed by atoms with E-state index < -0.39 is 32.6 Å². The molecule has 0 saturated carbocycles. The molecule has 2 aromatic rings. The monoisotopic (exact) mass is 360 g/mol. The van der Waals surface area contributed by atoms with Crippen LogP contribution in [-0.2, 0) is 16.0 Å². The molecule has 0 unspecified atom stereocenters. The normalized spacial score (nSPS) is 12.4. The fourth-order valence-electron chi connectivity index (χ4n) is 1.90. The minimum absolute atomic E-state index is 0.0187. The van der Waals surface area contributed by atoms with Crippen LogP contribution in [0, 0.1) is 0 Å². The second-order valence-electron chi connectivity index (χ2n) is 5.20. The maximum Gasteiger partial charge on any atom is 0.421 e. The Balaban J connectivity index is 2.57. The van der Waals surface area contributed by atoms with Crippen molar-refractivity contribution in [2.45, 2.75) is 30.2 Å². The van der Waals surface area contributed by atoms with Gasteiger partial charge in [0.15, 0.2) is 9.84 Å². The third-order valence-corrected chi connectivity index (χ3v) is 5.39. The van der Waals surface area contributed by atoms with Gasteiger partial charge in [0.2, 0.25) is 5.95 Å². The summed E-state index contributed by atoms with van der Waals surface area (Å²) in [4.78, 5) is 6.76. The van der Waals surface area contributed by atoms with E-state index in [2.05, 4.69) is 15.3 Å². The van der Waals surface area contributed by atoms with E-state index in [9.17, 15) is 21.6 Å². The molecular formula is C14H15F3N4O2S. The van der Waals surface area contributed by atoms with Crippen LogP contribution in [0.3, 0.4) is 0 Å². The van der Waals surface area contributed by atoms with Gasteiger partial charge in [-0.05, 0) is 26.0 Å². The zero-order chi connectivity index (χ0) is 18.1. The molecule has 24 heavy (non-hydrogen) atoms. The first-order chi connectivity index (χ1) is 11.0. The number of alkyl halides is 3. The van der Waals surface area contributed by atoms with Gasteiger partial charge in [-0.15, -0.1) is 0 Å². The molecule has 0 atom stereocenters. The van der Waals surface area contributed by atoms with E-state index in [1.165, 1.54) is 38.1 Å². The SMILES string of the molecule is CC(C)S(=O)(=O)c1ccccc1Nc1nc(N)ncc1C(F)(F)F. The van der Waals surface area contributed by atoms with E-state index in [4.69, 9.17) is 5.73 Å². The lowest BCUT2D eigenvalue weighted by atomic mass is 10.2. The lowest BCUT2D eigenvalue weighted by Gasteiger charge is -2.17. The number of aromatic nitrogens is 2. The summed E-state index contributed by atoms with van der Waals surface area (Å²) in [6.45, 7) is 2.96. The van der Waals surface area contributed by atoms with Gasteiger partial charge in [-0.1, -0.05) is 12.1 Å². The molecule has 0 bridgehead atoms. The molecule has 0 fully saturated rings. The standard InChI is InChI=1S/C14H15F3N4O2S/c1-8(2)24(22,23)11-6-4-3-5-10(11)20-12-9(14(15,16)17)7-19-13(18)21-12/h3-8H,1-2H3,(H3,18,19,20,21). The van der Waals surface area contributed by atoms with Crippen LogP contribution in [-0.4, -0.2) is 23.6 Å². The molecule has 6 nitrogen and oxygen atoms in total. The Bertz CT molecular complexity index is 851. The van der Waals surface area contributed by atoms with Crippen molar-refractivity contribution in [3.63, 3.8) is 0 Å². The van der Waals surface area contributed by atoms with Crippen molar-refractivity contribution in [3.05, 3.63) is 36.0 Å². The van der Waals surface area contributed by atoms with E-state index in [0.717, 1.165) is 0 Å². The molecule has 0 saturated heterocycles. The fraction of sp³-hybridized carbons (Fsp3) is 0.286. The molecule has 1 aromatic carbocycles. The molecule has 0 radical (unpaired) electrons. The number of para-hydroxylation sites is 1. The highest BCUT2D eigenvalue weighted by atomic mass is 32.2. The first-order valence-corrected chi connectivity index (χ1v) is 8.37. The molecule has 1 heterocycles. The maximum absolute atomic E-state index is 13.1. The van der Waals surface area contributed by atoms with E-state index in [-0.39, 0.29) is 16.5 Å². The molecule has 1 aromatic heterocycles. The number of anilines is 3. The van der Waals surface area contributed by atoms with Crippen LogP contribution in [0.1, 0.15) is 19.4 Å². The molecular weight excluding hydrogens is 345 g/mol. The quantitative estimate of drug-likeness (QED) is 0.870. The Hall–Kier alpha value is -2.36. The third kappa shape index (κ3) is 3.58. The van der Waals surface area contributed by atoms with Crippen LogP contribution in [0.4, 0.5) is 30.6 Å². The predicted molar refractivity (Wildman–Crippen MR) is 83.5 cm³/mol. The number of hydrogen-bond donors (Lipinski definition) is 2. The van der Waals surface area contributed by atoms with Gasteiger partial charge in [0.05, 0.1) is 15.8 Å². The van der Waals surface area contributed by atoms with Gasteiger partial charge < -0.3 is 11.1 Å². The van der Waals surface area contributed by atoms with Gasteiger partial charge in [0.25, 0.3) is 0 Å². The summed E-state index contributed by atoms with van der Waals surface area (Å²) >= 11 is 0. The molecule has 0 aliphatic rings. The number of nitrogens with zero attached hydrogens (tertiary/aromatic N) is 2. The van der Waals surface area contributed by atoms with E-state index >= 15 is 0 Å². The lowest BCUT2D eigenvalue weighted by molar-refractivity contribution is -0.137. The van der Waals surface area contributed by atoms with E-state index in [1.54, 1.807) is 0 Å². The van der Waals surface area contributed by atoms with Crippen molar-refractivity contribution in [3.8, 4) is 0 Å². The summed E-state index contributed by atoms with van der Waals surface area (Å²) in [6.07, 6.45) is -4.17. The Morgan fingerprint density at radius 3 is 2.42 bits per heavy atom. The molecule has 130 valence electrons. The van der Waals surface area contributed by atoms with Gasteiger partial charge >= 0.3 is 6.18 Å². The topological polar surface area (TPSA) is 98.0 Å². The van der Waals surface area contributed by atoms with Gasteiger partial charge in [0, 0.05) is 6.20 Å². The van der Waals surface area contributed by atoms with Crippen molar-refractivity contribution >= 4 is 27.3 Å². The number of nitrogens with one attached hydrogen (secondary N) is 1. The van der Waals surface area contributed by atoms with Crippen molar-refractivity contribution in [2.75, 3.05) is 11.1 Å². The fourth-order valence-corrected chi connectivity index (χ4v) is 3.10. The average molecular weight is 360 g/mol. The Morgan fingerprint density at radius 2 is 1.83 bits per heavy atom. The van der Waals surface area contributed by atoms with Crippen LogP contribution >= 0.6 is 0 Å². The molecule has 3 N–H and O–H groups in total. The summed E-state index contributed by atoms with van der Waals surface area (Å²) < 4.78 is 63.9. The third-order valence-electron chi connectivity index (χ3n) is 3.18. The summed E-state index contributed by atoms with van der Waals surface area (Å²) in [7, 11) is -3.70. The zero-order valence-corrected chi connectivity index (χ0v) is 13.6. The van der Waals surface area contributed by atoms with Crippen molar-refractivity contribution in [1.29, 1.82) is 0 Å². The van der Waals surface area contributed by atoms with E-state index in [1.807, 2.05) is 0 Å². The van der Waals surface area contributed by atoms with Crippen LogP contribution in [0.15, 0.2) is 35.4 Å². The largest absolute Gasteiger partial charge is 0.421 e. The highest BCUT2D eigenvalue weighted by molar-refractivity contribution is 7.92. The van der Waals surface area contributed by atoms with Crippen molar-refractivity contribution < 1.29 is 21.6 Å². The molecule has 0 aliphatic carbocycles. The second kappa shape index (κ2) is 6.27. The average Bonchev–Trinajstić information content (AvgIpc) is 2.46. The minimum Gasteiger partial charge on any atom is -0.368 e. The van der Waals surface area contributed by atoms with Gasteiger partial charge in [-0.3, -0.25) is 0 Å². The molecule has 2 rings (SSSR count). The first kappa shape index (κ1) is 18.0. The molecule has 10 heteroatoms. The van der Waals surface area contributed by atoms with Crippen molar-refractivity contribution in [1.82, 2.24) is 9.97 Å². The summed E-state index contributed by atoms with van der Waals surface area (Å²) in [5.41, 5.74) is 4.19. The number of sulfone groups is 1. The highest BCUT2D eigenvalue weighted by Gasteiger charge is 2.35. The number of hydrogen-bond acceptors (Lipinski definition) is 6. The van der Waals surface area contributed by atoms with Gasteiger partial charge in [-0.25, -0.2) is 13.4 Å². The minimum atomic E-state index is -4.72. The molecule has 0 spiro atoms. The number of nitrogen functional groups attached to an aromatic ring is 1. The second-order valence-corrected chi connectivity index (χ2v) is 7.68. The number of nitrogens with two attached hydrogens (primary N) is 1. The Kier molecular flexibility index (Phi) is 4.70. The number of halogens is 3. The van der Waals surface area contributed by atoms with Gasteiger partial charge in [0.1, 0.15) is 11.4 Å². The zero-order valence-electron chi connectivity index (χ0n) is 12.8. The lowest BCUT2D eigenvalue weighted by Crippen LogP contribution is -2.17.